The lowest BCUT2D eigenvalue weighted by molar-refractivity contribution is -0.136. The Morgan fingerprint density at radius 1 is 1.00 bits per heavy atom. The molecule has 0 fully saturated rings. The van der Waals surface area contributed by atoms with Gasteiger partial charge in [-0.2, -0.15) is 0 Å². The molecule has 0 radical (unpaired) electrons. The molecule has 0 aromatic carbocycles. The van der Waals surface area contributed by atoms with E-state index in [9.17, 15) is 9.59 Å². The maximum Gasteiger partial charge on any atom is 0.253 e. The maximum atomic E-state index is 11.0. The van der Waals surface area contributed by atoms with Gasteiger partial charge in [0.05, 0.1) is 0 Å². The molecule has 0 aromatic rings. The molecule has 0 bridgehead atoms. The molecule has 1 rings (SSSR count). The molecule has 1 aliphatic rings. The van der Waals surface area contributed by atoms with Crippen molar-refractivity contribution >= 4 is 11.8 Å². The van der Waals surface area contributed by atoms with Crippen LogP contribution in [0.3, 0.4) is 0 Å². The van der Waals surface area contributed by atoms with Crippen molar-refractivity contribution in [2.24, 2.45) is 0 Å². The monoisotopic (exact) mass is 211 g/mol. The summed E-state index contributed by atoms with van der Waals surface area (Å²) in [4.78, 5) is 23.3. The number of amides is 2. The van der Waals surface area contributed by atoms with Crippen molar-refractivity contribution in [3.05, 3.63) is 12.2 Å². The molecule has 1 heterocycles. The van der Waals surface area contributed by atoms with Gasteiger partial charge in [0.1, 0.15) is 0 Å². The van der Waals surface area contributed by atoms with Gasteiger partial charge in [-0.3, -0.25) is 14.5 Å². The average Bonchev–Trinajstić information content (AvgIpc) is 2.50. The van der Waals surface area contributed by atoms with E-state index in [0.29, 0.717) is 6.54 Å². The fraction of sp³-hybridized carbons (Fsp3) is 0.667. The smallest absolute Gasteiger partial charge is 0.253 e. The quantitative estimate of drug-likeness (QED) is 0.529. The molecular formula is C12H21NO2. The van der Waals surface area contributed by atoms with Crippen LogP contribution in [0.4, 0.5) is 0 Å². The highest BCUT2D eigenvalue weighted by molar-refractivity contribution is 6.12. The molecule has 0 aromatic heterocycles. The first-order valence-corrected chi connectivity index (χ1v) is 5.70. The van der Waals surface area contributed by atoms with Crippen molar-refractivity contribution in [2.75, 3.05) is 6.54 Å². The summed E-state index contributed by atoms with van der Waals surface area (Å²) < 4.78 is 0. The third-order valence-electron chi connectivity index (χ3n) is 1.89. The zero-order valence-electron chi connectivity index (χ0n) is 9.95. The SMILES string of the molecule is CCC.CCCCCN1C(=O)C=CC1=O. The van der Waals surface area contributed by atoms with E-state index in [1.807, 2.05) is 0 Å². The van der Waals surface area contributed by atoms with Gasteiger partial charge in [0.15, 0.2) is 0 Å². The van der Waals surface area contributed by atoms with E-state index in [4.69, 9.17) is 0 Å². The zero-order chi connectivity index (χ0) is 11.7. The van der Waals surface area contributed by atoms with Gasteiger partial charge < -0.3 is 0 Å². The van der Waals surface area contributed by atoms with Gasteiger partial charge >= 0.3 is 0 Å². The van der Waals surface area contributed by atoms with E-state index in [-0.39, 0.29) is 11.8 Å². The van der Waals surface area contributed by atoms with Gasteiger partial charge in [0.2, 0.25) is 0 Å². The molecule has 3 heteroatoms. The van der Waals surface area contributed by atoms with E-state index in [1.165, 1.54) is 23.5 Å². The Kier molecular flexibility index (Phi) is 7.60. The largest absolute Gasteiger partial charge is 0.275 e. The maximum absolute atomic E-state index is 11.0. The van der Waals surface area contributed by atoms with Crippen LogP contribution >= 0.6 is 0 Å². The lowest BCUT2D eigenvalue weighted by Gasteiger charge is -2.12. The van der Waals surface area contributed by atoms with Crippen LogP contribution in [0, 0.1) is 0 Å². The average molecular weight is 211 g/mol. The highest BCUT2D eigenvalue weighted by Gasteiger charge is 2.21. The summed E-state index contributed by atoms with van der Waals surface area (Å²) in [5.41, 5.74) is 0. The van der Waals surface area contributed by atoms with E-state index >= 15 is 0 Å². The van der Waals surface area contributed by atoms with Crippen LogP contribution in [-0.4, -0.2) is 23.3 Å². The predicted molar refractivity (Wildman–Crippen MR) is 61.4 cm³/mol. The Labute approximate surface area is 92.1 Å². The fourth-order valence-electron chi connectivity index (χ4n) is 1.17. The molecular weight excluding hydrogens is 190 g/mol. The normalized spacial score (nSPS) is 14.2. The van der Waals surface area contributed by atoms with Crippen LogP contribution in [0.25, 0.3) is 0 Å². The standard InChI is InChI=1S/C9H13NO2.C3H8/c1-2-3-4-7-10-8(11)5-6-9(10)12;1-3-2/h5-6H,2-4,7H2,1H3;3H2,1-2H3. The van der Waals surface area contributed by atoms with Crippen molar-refractivity contribution in [3.63, 3.8) is 0 Å². The Morgan fingerprint density at radius 2 is 1.47 bits per heavy atom. The Morgan fingerprint density at radius 3 is 1.87 bits per heavy atom. The van der Waals surface area contributed by atoms with Gasteiger partial charge in [-0.05, 0) is 6.42 Å². The van der Waals surface area contributed by atoms with E-state index in [2.05, 4.69) is 20.8 Å². The Bertz CT molecular complexity index is 216. The minimum Gasteiger partial charge on any atom is -0.275 e. The van der Waals surface area contributed by atoms with Crippen molar-refractivity contribution in [3.8, 4) is 0 Å². The molecule has 0 spiro atoms. The van der Waals surface area contributed by atoms with Gasteiger partial charge in [-0.25, -0.2) is 0 Å². The molecule has 0 aliphatic carbocycles. The van der Waals surface area contributed by atoms with Crippen LogP contribution in [0.2, 0.25) is 0 Å². The Hall–Kier alpha value is -1.12. The summed E-state index contributed by atoms with van der Waals surface area (Å²) in [6.45, 7) is 6.91. The third-order valence-corrected chi connectivity index (χ3v) is 1.89. The lowest BCUT2D eigenvalue weighted by atomic mass is 10.2. The first-order chi connectivity index (χ1) is 7.17. The third kappa shape index (κ3) is 5.35. The van der Waals surface area contributed by atoms with Crippen LogP contribution < -0.4 is 0 Å². The van der Waals surface area contributed by atoms with Crippen LogP contribution in [0.1, 0.15) is 46.5 Å². The molecule has 1 aliphatic heterocycles. The van der Waals surface area contributed by atoms with Crippen LogP contribution in [0.15, 0.2) is 12.2 Å². The Balaban J connectivity index is 0.000000583. The number of unbranched alkanes of at least 4 members (excludes halogenated alkanes) is 2. The van der Waals surface area contributed by atoms with Gasteiger partial charge in [-0.1, -0.05) is 40.0 Å². The second-order valence-electron chi connectivity index (χ2n) is 3.58. The number of imide groups is 1. The minimum absolute atomic E-state index is 0.170. The van der Waals surface area contributed by atoms with Gasteiger partial charge in [0, 0.05) is 18.7 Å². The lowest BCUT2D eigenvalue weighted by Crippen LogP contribution is -2.30. The summed E-state index contributed by atoms with van der Waals surface area (Å²) in [6, 6.07) is 0. The molecule has 0 unspecified atom stereocenters. The topological polar surface area (TPSA) is 37.4 Å². The number of rotatable bonds is 4. The minimum atomic E-state index is -0.170. The first-order valence-electron chi connectivity index (χ1n) is 5.70. The molecule has 0 atom stereocenters. The summed E-state index contributed by atoms with van der Waals surface area (Å²) in [6.07, 6.45) is 6.99. The summed E-state index contributed by atoms with van der Waals surface area (Å²) in [5, 5.41) is 0. The van der Waals surface area contributed by atoms with Crippen LogP contribution in [-0.2, 0) is 9.59 Å². The van der Waals surface area contributed by atoms with Gasteiger partial charge in [0.25, 0.3) is 11.8 Å². The van der Waals surface area contributed by atoms with Crippen molar-refractivity contribution in [1.82, 2.24) is 4.90 Å². The first kappa shape index (κ1) is 13.9. The second-order valence-corrected chi connectivity index (χ2v) is 3.58. The highest BCUT2D eigenvalue weighted by Crippen LogP contribution is 2.05. The number of nitrogens with zero attached hydrogens (tertiary/aromatic N) is 1. The van der Waals surface area contributed by atoms with Gasteiger partial charge in [-0.15, -0.1) is 0 Å². The van der Waals surface area contributed by atoms with E-state index < -0.39 is 0 Å². The molecule has 15 heavy (non-hydrogen) atoms. The van der Waals surface area contributed by atoms with Crippen molar-refractivity contribution < 1.29 is 9.59 Å². The molecule has 0 N–H and O–H groups in total. The molecule has 3 nitrogen and oxygen atoms in total. The number of hydrogen-bond acceptors (Lipinski definition) is 2. The second kappa shape index (κ2) is 8.21. The zero-order valence-corrected chi connectivity index (χ0v) is 9.95. The molecule has 86 valence electrons. The number of carbonyl (C=O) groups excluding carboxylic acids is 2. The van der Waals surface area contributed by atoms with E-state index in [0.717, 1.165) is 19.3 Å². The summed E-state index contributed by atoms with van der Waals surface area (Å²) in [5.74, 6) is -0.341. The fourth-order valence-corrected chi connectivity index (χ4v) is 1.17. The van der Waals surface area contributed by atoms with Crippen LogP contribution in [0.5, 0.6) is 0 Å². The molecule has 0 saturated heterocycles. The highest BCUT2D eigenvalue weighted by atomic mass is 16.2. The number of hydrogen-bond donors (Lipinski definition) is 0. The van der Waals surface area contributed by atoms with Crippen molar-refractivity contribution in [2.45, 2.75) is 46.5 Å². The van der Waals surface area contributed by atoms with E-state index in [1.54, 1.807) is 0 Å². The number of carbonyl (C=O) groups is 2. The van der Waals surface area contributed by atoms with Crippen molar-refractivity contribution in [1.29, 1.82) is 0 Å². The summed E-state index contributed by atoms with van der Waals surface area (Å²) >= 11 is 0. The summed E-state index contributed by atoms with van der Waals surface area (Å²) in [7, 11) is 0. The molecule has 0 saturated carbocycles. The predicted octanol–water partition coefficient (Wildman–Crippen LogP) is 2.52. The molecule has 2 amide bonds.